The number of halogens is 2. The van der Waals surface area contributed by atoms with Gasteiger partial charge in [0.25, 0.3) is 0 Å². The van der Waals surface area contributed by atoms with Gasteiger partial charge in [-0.2, -0.15) is 0 Å². The summed E-state index contributed by atoms with van der Waals surface area (Å²) in [6.45, 7) is 12.6. The van der Waals surface area contributed by atoms with E-state index in [2.05, 4.69) is 5.32 Å². The summed E-state index contributed by atoms with van der Waals surface area (Å²) in [5.41, 5.74) is 5.63. The molecule has 3 atom stereocenters. The standard InChI is InChI=1S/C25H40F2N4O3/c1-15(2)11-29-24(34)18(16(3)4)10-22(32)20(28)12-30-13-23(33)31(14-25(30,5)6)21-9-17(26)7-8-19(21)27/h7-9,15-16,18,20,22,32H,10-14,28H2,1-6H3,(H,29,34)/t18-,20-,22-/m0/s1. The number of aliphatic hydroxyl groups excluding tert-OH is 1. The summed E-state index contributed by atoms with van der Waals surface area (Å²) in [5.74, 6) is -1.80. The minimum Gasteiger partial charge on any atom is -0.391 e. The molecule has 0 bridgehead atoms. The third-order valence-corrected chi connectivity index (χ3v) is 6.47. The van der Waals surface area contributed by atoms with Crippen LogP contribution in [0.2, 0.25) is 0 Å². The molecule has 1 aromatic rings. The van der Waals surface area contributed by atoms with Gasteiger partial charge in [-0.3, -0.25) is 14.5 Å². The van der Waals surface area contributed by atoms with Crippen molar-refractivity contribution in [3.63, 3.8) is 0 Å². The molecule has 192 valence electrons. The quantitative estimate of drug-likeness (QED) is 0.476. The maximum atomic E-state index is 14.3. The average molecular weight is 483 g/mol. The second-order valence-corrected chi connectivity index (χ2v) is 10.7. The molecule has 4 N–H and O–H groups in total. The molecule has 1 aliphatic rings. The Labute approximate surface area is 201 Å². The number of piperazine rings is 1. The number of nitrogens with zero attached hydrogens (tertiary/aromatic N) is 2. The van der Waals surface area contributed by atoms with Gasteiger partial charge in [0, 0.05) is 43.2 Å². The minimum absolute atomic E-state index is 0.0248. The van der Waals surface area contributed by atoms with Crippen LogP contribution in [0.1, 0.15) is 48.0 Å². The van der Waals surface area contributed by atoms with Crippen molar-refractivity contribution in [1.29, 1.82) is 0 Å². The van der Waals surface area contributed by atoms with Crippen molar-refractivity contribution in [2.75, 3.05) is 31.1 Å². The average Bonchev–Trinajstić information content (AvgIpc) is 2.74. The van der Waals surface area contributed by atoms with Crippen LogP contribution in [0.5, 0.6) is 0 Å². The lowest BCUT2D eigenvalue weighted by molar-refractivity contribution is -0.127. The Morgan fingerprint density at radius 2 is 1.88 bits per heavy atom. The van der Waals surface area contributed by atoms with Gasteiger partial charge in [-0.25, -0.2) is 8.78 Å². The number of benzene rings is 1. The first kappa shape index (κ1) is 28.1. The van der Waals surface area contributed by atoms with Crippen LogP contribution in [0, 0.1) is 29.4 Å². The van der Waals surface area contributed by atoms with Gasteiger partial charge in [0.1, 0.15) is 11.6 Å². The topological polar surface area (TPSA) is 98.9 Å². The number of hydrogen-bond acceptors (Lipinski definition) is 5. The van der Waals surface area contributed by atoms with Crippen LogP contribution < -0.4 is 16.0 Å². The fourth-order valence-corrected chi connectivity index (χ4v) is 4.19. The van der Waals surface area contributed by atoms with Crippen LogP contribution >= 0.6 is 0 Å². The predicted octanol–water partition coefficient (Wildman–Crippen LogP) is 2.51. The molecule has 0 aliphatic carbocycles. The van der Waals surface area contributed by atoms with E-state index in [9.17, 15) is 23.5 Å². The number of rotatable bonds is 10. The zero-order valence-corrected chi connectivity index (χ0v) is 21.1. The normalized spacial score (nSPS) is 19.4. The Morgan fingerprint density at radius 3 is 2.47 bits per heavy atom. The van der Waals surface area contributed by atoms with E-state index in [-0.39, 0.29) is 55.4 Å². The van der Waals surface area contributed by atoms with E-state index >= 15 is 0 Å². The van der Waals surface area contributed by atoms with Gasteiger partial charge in [-0.15, -0.1) is 0 Å². The Balaban J connectivity index is 2.06. The highest BCUT2D eigenvalue weighted by molar-refractivity contribution is 5.96. The van der Waals surface area contributed by atoms with E-state index in [0.29, 0.717) is 12.5 Å². The second kappa shape index (κ2) is 11.6. The Kier molecular flexibility index (Phi) is 9.56. The lowest BCUT2D eigenvalue weighted by Gasteiger charge is -2.47. The van der Waals surface area contributed by atoms with Crippen LogP contribution in [0.15, 0.2) is 18.2 Å². The molecular formula is C25H40F2N4O3. The molecule has 1 aliphatic heterocycles. The van der Waals surface area contributed by atoms with E-state index in [1.54, 1.807) is 0 Å². The Morgan fingerprint density at radius 1 is 1.24 bits per heavy atom. The van der Waals surface area contributed by atoms with Gasteiger partial charge in [-0.1, -0.05) is 27.7 Å². The molecule has 7 nitrogen and oxygen atoms in total. The fourth-order valence-electron chi connectivity index (χ4n) is 4.19. The van der Waals surface area contributed by atoms with Crippen molar-refractivity contribution in [3.05, 3.63) is 29.8 Å². The Hall–Kier alpha value is -2.10. The van der Waals surface area contributed by atoms with E-state index in [1.165, 1.54) is 4.90 Å². The lowest BCUT2D eigenvalue weighted by atomic mass is 9.86. The van der Waals surface area contributed by atoms with Gasteiger partial charge in [-0.05, 0) is 44.2 Å². The van der Waals surface area contributed by atoms with Crippen molar-refractivity contribution in [1.82, 2.24) is 10.2 Å². The van der Waals surface area contributed by atoms with Gasteiger partial charge in [0.15, 0.2) is 0 Å². The molecule has 0 radical (unpaired) electrons. The monoisotopic (exact) mass is 482 g/mol. The predicted molar refractivity (Wildman–Crippen MR) is 129 cm³/mol. The summed E-state index contributed by atoms with van der Waals surface area (Å²) in [6.07, 6.45) is -0.729. The summed E-state index contributed by atoms with van der Waals surface area (Å²) in [6, 6.07) is 2.35. The molecule has 2 rings (SSSR count). The molecule has 0 aromatic heterocycles. The molecule has 0 saturated carbocycles. The zero-order chi connectivity index (χ0) is 25.8. The molecule has 34 heavy (non-hydrogen) atoms. The van der Waals surface area contributed by atoms with E-state index in [4.69, 9.17) is 5.73 Å². The van der Waals surface area contributed by atoms with Gasteiger partial charge < -0.3 is 21.1 Å². The molecule has 1 saturated heterocycles. The lowest BCUT2D eigenvalue weighted by Crippen LogP contribution is -2.64. The van der Waals surface area contributed by atoms with E-state index in [1.807, 2.05) is 46.4 Å². The van der Waals surface area contributed by atoms with Crippen molar-refractivity contribution >= 4 is 17.5 Å². The minimum atomic E-state index is -0.943. The molecule has 1 aromatic carbocycles. The molecule has 2 amide bonds. The molecule has 1 fully saturated rings. The summed E-state index contributed by atoms with van der Waals surface area (Å²) in [7, 11) is 0. The third kappa shape index (κ3) is 7.20. The molecule has 9 heteroatoms. The summed E-state index contributed by atoms with van der Waals surface area (Å²) >= 11 is 0. The van der Waals surface area contributed by atoms with E-state index in [0.717, 1.165) is 18.2 Å². The highest BCUT2D eigenvalue weighted by Gasteiger charge is 2.40. The zero-order valence-electron chi connectivity index (χ0n) is 21.1. The first-order valence-corrected chi connectivity index (χ1v) is 11.9. The van der Waals surface area contributed by atoms with E-state index < -0.39 is 29.3 Å². The maximum absolute atomic E-state index is 14.3. The van der Waals surface area contributed by atoms with Crippen molar-refractivity contribution < 1.29 is 23.5 Å². The third-order valence-electron chi connectivity index (χ3n) is 6.47. The smallest absolute Gasteiger partial charge is 0.241 e. The highest BCUT2D eigenvalue weighted by Crippen LogP contribution is 2.29. The van der Waals surface area contributed by atoms with Gasteiger partial charge in [0.2, 0.25) is 11.8 Å². The molecule has 1 heterocycles. The molecule has 0 spiro atoms. The number of aliphatic hydroxyl groups is 1. The van der Waals surface area contributed by atoms with Crippen LogP contribution in [0.3, 0.4) is 0 Å². The molecular weight excluding hydrogens is 442 g/mol. The summed E-state index contributed by atoms with van der Waals surface area (Å²) in [5, 5.41) is 13.7. The molecule has 0 unspecified atom stereocenters. The van der Waals surface area contributed by atoms with Gasteiger partial charge in [0.05, 0.1) is 18.3 Å². The summed E-state index contributed by atoms with van der Waals surface area (Å²) < 4.78 is 28.0. The van der Waals surface area contributed by atoms with Crippen LogP contribution in [-0.4, -0.2) is 65.7 Å². The van der Waals surface area contributed by atoms with Crippen LogP contribution in [0.4, 0.5) is 14.5 Å². The summed E-state index contributed by atoms with van der Waals surface area (Å²) in [4.78, 5) is 28.6. The van der Waals surface area contributed by atoms with Crippen molar-refractivity contribution in [3.8, 4) is 0 Å². The first-order valence-electron chi connectivity index (χ1n) is 11.9. The SMILES string of the molecule is CC(C)CNC(=O)[C@@H](C[C@H](O)[C@@H](N)CN1CC(=O)N(c2cc(F)ccc2F)CC1(C)C)C(C)C. The largest absolute Gasteiger partial charge is 0.391 e. The van der Waals surface area contributed by atoms with Gasteiger partial charge >= 0.3 is 0 Å². The van der Waals surface area contributed by atoms with Crippen molar-refractivity contribution in [2.45, 2.75) is 65.6 Å². The van der Waals surface area contributed by atoms with Crippen LogP contribution in [-0.2, 0) is 9.59 Å². The van der Waals surface area contributed by atoms with Crippen LogP contribution in [0.25, 0.3) is 0 Å². The number of hydrogen-bond donors (Lipinski definition) is 3. The number of nitrogens with one attached hydrogen (secondary N) is 1. The number of amides is 2. The Bertz CT molecular complexity index is 863. The number of carbonyl (C=O) groups is 2. The number of carbonyl (C=O) groups excluding carboxylic acids is 2. The maximum Gasteiger partial charge on any atom is 0.241 e. The first-order chi connectivity index (χ1) is 15.7. The highest BCUT2D eigenvalue weighted by atomic mass is 19.1. The number of nitrogens with two attached hydrogens (primary N) is 1. The second-order valence-electron chi connectivity index (χ2n) is 10.7. The number of anilines is 1. The van der Waals surface area contributed by atoms with Crippen molar-refractivity contribution in [2.24, 2.45) is 23.5 Å². The fraction of sp³-hybridized carbons (Fsp3) is 0.680.